The molecule has 0 amide bonds. The summed E-state index contributed by atoms with van der Waals surface area (Å²) in [6.07, 6.45) is 5.49. The van der Waals surface area contributed by atoms with Crippen molar-refractivity contribution in [2.24, 2.45) is 0 Å². The Morgan fingerprint density at radius 3 is 3.00 bits per heavy atom. The molecule has 11 heavy (non-hydrogen) atoms. The van der Waals surface area contributed by atoms with Crippen molar-refractivity contribution in [2.75, 3.05) is 0 Å². The summed E-state index contributed by atoms with van der Waals surface area (Å²) in [7, 11) is 0. The summed E-state index contributed by atoms with van der Waals surface area (Å²) in [5, 5.41) is 0. The molecule has 1 aromatic carbocycles. The fourth-order valence-electron chi connectivity index (χ4n) is 1.40. The van der Waals surface area contributed by atoms with Crippen molar-refractivity contribution in [3.8, 4) is 0 Å². The van der Waals surface area contributed by atoms with Crippen molar-refractivity contribution in [1.29, 1.82) is 0 Å². The Morgan fingerprint density at radius 2 is 2.18 bits per heavy atom. The summed E-state index contributed by atoms with van der Waals surface area (Å²) in [4.78, 5) is 0. The number of halogens is 1. The van der Waals surface area contributed by atoms with Crippen LogP contribution >= 0.6 is 15.9 Å². The van der Waals surface area contributed by atoms with Gasteiger partial charge >= 0.3 is 0 Å². The van der Waals surface area contributed by atoms with Crippen LogP contribution < -0.4 is 0 Å². The molecular weight excluding hydrogens is 200 g/mol. The minimum Gasteiger partial charge on any atom is -0.0795 e. The van der Waals surface area contributed by atoms with E-state index in [0.29, 0.717) is 0 Å². The summed E-state index contributed by atoms with van der Waals surface area (Å²) < 4.78 is 1.21. The van der Waals surface area contributed by atoms with Gasteiger partial charge in [-0.05, 0) is 36.1 Å². The smallest absolute Gasteiger partial charge is 0.0210 e. The van der Waals surface area contributed by atoms with E-state index in [2.05, 4.69) is 47.1 Å². The second-order valence-electron chi connectivity index (χ2n) is 2.91. The van der Waals surface area contributed by atoms with Gasteiger partial charge < -0.3 is 0 Å². The van der Waals surface area contributed by atoms with Crippen molar-refractivity contribution >= 4 is 22.0 Å². The lowest BCUT2D eigenvalue weighted by Crippen LogP contribution is -1.84. The maximum atomic E-state index is 3.51. The Bertz CT molecular complexity index is 324. The van der Waals surface area contributed by atoms with E-state index in [0.717, 1.165) is 6.42 Å². The van der Waals surface area contributed by atoms with Gasteiger partial charge in [0.05, 0.1) is 0 Å². The van der Waals surface area contributed by atoms with Crippen molar-refractivity contribution in [3.05, 3.63) is 39.4 Å². The monoisotopic (exact) mass is 208 g/mol. The number of fused-ring (bicyclic) bond motifs is 1. The second-order valence-corrected chi connectivity index (χ2v) is 3.76. The number of hydrogen-bond donors (Lipinski definition) is 0. The van der Waals surface area contributed by atoms with Gasteiger partial charge in [-0.1, -0.05) is 34.1 Å². The average Bonchev–Trinajstić information content (AvgIpc) is 2.36. The maximum absolute atomic E-state index is 3.51. The fourth-order valence-corrected chi connectivity index (χ4v) is 1.76. The van der Waals surface area contributed by atoms with Crippen LogP contribution in [0.3, 0.4) is 0 Å². The van der Waals surface area contributed by atoms with Gasteiger partial charge in [-0.25, -0.2) is 0 Å². The first-order chi connectivity index (χ1) is 5.27. The molecule has 0 heterocycles. The summed E-state index contributed by atoms with van der Waals surface area (Å²) in [6.45, 7) is 2.13. The Balaban J connectivity index is 2.63. The zero-order valence-corrected chi connectivity index (χ0v) is 7.98. The van der Waals surface area contributed by atoms with Gasteiger partial charge in [0, 0.05) is 4.47 Å². The highest BCUT2D eigenvalue weighted by Crippen LogP contribution is 2.26. The van der Waals surface area contributed by atoms with E-state index in [4.69, 9.17) is 0 Å². The van der Waals surface area contributed by atoms with Crippen molar-refractivity contribution in [2.45, 2.75) is 13.3 Å². The quantitative estimate of drug-likeness (QED) is 0.614. The number of hydrogen-bond acceptors (Lipinski definition) is 0. The van der Waals surface area contributed by atoms with Gasteiger partial charge in [0.1, 0.15) is 0 Å². The first kappa shape index (κ1) is 7.11. The molecular formula is C10H9Br. The molecule has 1 aliphatic rings. The van der Waals surface area contributed by atoms with Crippen molar-refractivity contribution in [3.63, 3.8) is 0 Å². The molecule has 0 spiro atoms. The lowest BCUT2D eigenvalue weighted by molar-refractivity contribution is 1.27. The predicted molar refractivity (Wildman–Crippen MR) is 51.6 cm³/mol. The largest absolute Gasteiger partial charge is 0.0795 e. The molecule has 1 aliphatic carbocycles. The molecule has 1 heteroatoms. The summed E-state index contributed by atoms with van der Waals surface area (Å²) >= 11 is 3.51. The summed E-state index contributed by atoms with van der Waals surface area (Å²) in [6, 6.07) is 4.44. The van der Waals surface area contributed by atoms with E-state index in [1.807, 2.05) is 0 Å². The molecule has 0 radical (unpaired) electrons. The number of allylic oxidation sites excluding steroid dienone is 1. The predicted octanol–water partition coefficient (Wildman–Crippen LogP) is 3.33. The normalized spacial score (nSPS) is 13.6. The van der Waals surface area contributed by atoms with Crippen LogP contribution in [0.1, 0.15) is 16.7 Å². The molecule has 56 valence electrons. The standard InChI is InChI=1S/C10H9Br/c1-7-5-8-3-2-4-9(8)6-10(7)11/h2,4-6H,3H2,1H3. The van der Waals surface area contributed by atoms with Crippen LogP contribution in [-0.2, 0) is 6.42 Å². The third-order valence-corrected chi connectivity index (χ3v) is 2.91. The minimum atomic E-state index is 1.10. The Hall–Kier alpha value is -0.560. The molecule has 0 bridgehead atoms. The van der Waals surface area contributed by atoms with Crippen LogP contribution in [0.4, 0.5) is 0 Å². The van der Waals surface area contributed by atoms with E-state index in [1.54, 1.807) is 0 Å². The Morgan fingerprint density at radius 1 is 1.36 bits per heavy atom. The molecule has 0 nitrogen and oxygen atoms in total. The zero-order valence-electron chi connectivity index (χ0n) is 6.39. The van der Waals surface area contributed by atoms with Gasteiger partial charge in [0.2, 0.25) is 0 Å². The van der Waals surface area contributed by atoms with Crippen LogP contribution in [0.15, 0.2) is 22.7 Å². The highest BCUT2D eigenvalue weighted by molar-refractivity contribution is 9.10. The van der Waals surface area contributed by atoms with E-state index >= 15 is 0 Å². The number of rotatable bonds is 0. The highest BCUT2D eigenvalue weighted by Gasteiger charge is 2.06. The number of benzene rings is 1. The molecule has 0 fully saturated rings. The van der Waals surface area contributed by atoms with E-state index < -0.39 is 0 Å². The van der Waals surface area contributed by atoms with Crippen molar-refractivity contribution < 1.29 is 0 Å². The average molecular weight is 209 g/mol. The van der Waals surface area contributed by atoms with E-state index in [1.165, 1.54) is 21.2 Å². The van der Waals surface area contributed by atoms with E-state index in [-0.39, 0.29) is 0 Å². The molecule has 0 aromatic heterocycles. The third kappa shape index (κ3) is 1.14. The van der Waals surface area contributed by atoms with E-state index in [9.17, 15) is 0 Å². The molecule has 0 atom stereocenters. The Labute approximate surface area is 75.1 Å². The second kappa shape index (κ2) is 2.49. The molecule has 0 N–H and O–H groups in total. The minimum absolute atomic E-state index is 1.10. The topological polar surface area (TPSA) is 0 Å². The van der Waals surface area contributed by atoms with Gasteiger partial charge in [0.25, 0.3) is 0 Å². The molecule has 1 aromatic rings. The van der Waals surface area contributed by atoms with Crippen molar-refractivity contribution in [1.82, 2.24) is 0 Å². The van der Waals surface area contributed by atoms with Gasteiger partial charge in [-0.2, -0.15) is 0 Å². The zero-order chi connectivity index (χ0) is 7.84. The first-order valence-corrected chi connectivity index (χ1v) is 4.52. The molecule has 0 saturated heterocycles. The summed E-state index contributed by atoms with van der Waals surface area (Å²) in [5.41, 5.74) is 4.14. The highest BCUT2D eigenvalue weighted by atomic mass is 79.9. The molecule has 0 saturated carbocycles. The van der Waals surface area contributed by atoms with Crippen LogP contribution in [0.25, 0.3) is 6.08 Å². The van der Waals surface area contributed by atoms with Crippen LogP contribution in [0, 0.1) is 6.92 Å². The number of aryl methyl sites for hydroxylation is 1. The van der Waals surface area contributed by atoms with Gasteiger partial charge in [0.15, 0.2) is 0 Å². The molecule has 0 aliphatic heterocycles. The van der Waals surface area contributed by atoms with Gasteiger partial charge in [-0.15, -0.1) is 0 Å². The van der Waals surface area contributed by atoms with Crippen LogP contribution in [-0.4, -0.2) is 0 Å². The SMILES string of the molecule is Cc1cc2c(cc1Br)C=CC2. The van der Waals surface area contributed by atoms with Crippen LogP contribution in [0.2, 0.25) is 0 Å². The lowest BCUT2D eigenvalue weighted by Gasteiger charge is -2.02. The fraction of sp³-hybridized carbons (Fsp3) is 0.200. The molecule has 0 unspecified atom stereocenters. The van der Waals surface area contributed by atoms with Gasteiger partial charge in [-0.3, -0.25) is 0 Å². The lowest BCUT2D eigenvalue weighted by atomic mass is 10.1. The van der Waals surface area contributed by atoms with Crippen LogP contribution in [0.5, 0.6) is 0 Å². The molecule has 2 rings (SSSR count). The Kier molecular flexibility index (Phi) is 1.61. The third-order valence-electron chi connectivity index (χ3n) is 2.06. The summed E-state index contributed by atoms with van der Waals surface area (Å²) in [5.74, 6) is 0. The first-order valence-electron chi connectivity index (χ1n) is 3.73. The maximum Gasteiger partial charge on any atom is 0.0210 e.